The number of aromatic nitrogens is 4. The van der Waals surface area contributed by atoms with E-state index in [-0.39, 0.29) is 16.8 Å². The number of hydrogen-bond acceptors (Lipinski definition) is 5. The van der Waals surface area contributed by atoms with Gasteiger partial charge in [-0.2, -0.15) is 0 Å². The summed E-state index contributed by atoms with van der Waals surface area (Å²) in [5, 5.41) is 3.35. The van der Waals surface area contributed by atoms with Gasteiger partial charge < -0.3 is 14.5 Å². The quantitative estimate of drug-likeness (QED) is 0.278. The molecule has 2 aromatic heterocycles. The van der Waals surface area contributed by atoms with Crippen LogP contribution in [0.5, 0.6) is 0 Å². The first-order valence-electron chi connectivity index (χ1n) is 10.8. The zero-order chi connectivity index (χ0) is 23.7. The van der Waals surface area contributed by atoms with Gasteiger partial charge in [0.2, 0.25) is 0 Å². The van der Waals surface area contributed by atoms with E-state index >= 15 is 4.39 Å². The number of aryl methyl sites for hydroxylation is 2. The van der Waals surface area contributed by atoms with Gasteiger partial charge in [-0.1, -0.05) is 27.5 Å². The van der Waals surface area contributed by atoms with Gasteiger partial charge in [-0.05, 0) is 43.0 Å². The lowest BCUT2D eigenvalue weighted by Crippen LogP contribution is -2.26. The van der Waals surface area contributed by atoms with Gasteiger partial charge in [0.25, 0.3) is 5.91 Å². The average molecular weight is 548 g/mol. The molecule has 1 saturated carbocycles. The maximum atomic E-state index is 15.7. The van der Waals surface area contributed by atoms with E-state index in [2.05, 4.69) is 36.7 Å². The topological polar surface area (TPSA) is 86.0 Å². The van der Waals surface area contributed by atoms with E-state index in [9.17, 15) is 4.79 Å². The zero-order valence-corrected chi connectivity index (χ0v) is 20.3. The number of hydrogen-bond donors (Lipinski definition) is 2. The fourth-order valence-electron chi connectivity index (χ4n) is 3.57. The fourth-order valence-corrected chi connectivity index (χ4v) is 4.29. The molecule has 0 spiro atoms. The van der Waals surface area contributed by atoms with Gasteiger partial charge in [0.15, 0.2) is 5.82 Å². The monoisotopic (exact) mass is 546 g/mol. The predicted molar refractivity (Wildman–Crippen MR) is 130 cm³/mol. The highest BCUT2D eigenvalue weighted by Crippen LogP contribution is 2.34. The second kappa shape index (κ2) is 9.73. The Labute approximate surface area is 208 Å². The van der Waals surface area contributed by atoms with Gasteiger partial charge in [-0.25, -0.2) is 19.8 Å². The van der Waals surface area contributed by atoms with Crippen LogP contribution in [0, 0.1) is 11.7 Å². The van der Waals surface area contributed by atoms with Crippen LogP contribution in [0.15, 0.2) is 53.8 Å². The van der Waals surface area contributed by atoms with Crippen LogP contribution in [0.2, 0.25) is 5.02 Å². The van der Waals surface area contributed by atoms with E-state index in [1.165, 1.54) is 0 Å². The number of rotatable bonds is 9. The van der Waals surface area contributed by atoms with E-state index in [1.807, 2.05) is 10.8 Å². The summed E-state index contributed by atoms with van der Waals surface area (Å²) in [4.78, 5) is 26.7. The second-order valence-corrected chi connectivity index (χ2v) is 9.48. The number of hydroxylamine groups is 1. The van der Waals surface area contributed by atoms with E-state index < -0.39 is 11.7 Å². The zero-order valence-electron chi connectivity index (χ0n) is 18.0. The molecule has 1 aliphatic rings. The van der Waals surface area contributed by atoms with Crippen LogP contribution >= 0.6 is 27.5 Å². The van der Waals surface area contributed by atoms with E-state index in [0.29, 0.717) is 41.8 Å². The van der Waals surface area contributed by atoms with Gasteiger partial charge >= 0.3 is 0 Å². The molecule has 1 fully saturated rings. The molecule has 2 aromatic carbocycles. The third kappa shape index (κ3) is 4.94. The Morgan fingerprint density at radius 2 is 2.12 bits per heavy atom. The Morgan fingerprint density at radius 1 is 1.26 bits per heavy atom. The number of anilines is 2. The lowest BCUT2D eigenvalue weighted by Gasteiger charge is -2.16. The minimum atomic E-state index is -0.648. The molecule has 0 bridgehead atoms. The molecule has 0 saturated heterocycles. The van der Waals surface area contributed by atoms with Crippen molar-refractivity contribution < 1.29 is 14.0 Å². The van der Waals surface area contributed by atoms with Crippen LogP contribution in [0.3, 0.4) is 0 Å². The van der Waals surface area contributed by atoms with Crippen LogP contribution in [-0.4, -0.2) is 31.6 Å². The minimum absolute atomic E-state index is 0.0240. The predicted octanol–water partition coefficient (Wildman–Crippen LogP) is 5.30. The molecular formula is C23H21BrClFN6O2. The third-order valence-electron chi connectivity index (χ3n) is 5.63. The number of imidazole rings is 2. The van der Waals surface area contributed by atoms with Gasteiger partial charge in [0.1, 0.15) is 5.52 Å². The summed E-state index contributed by atoms with van der Waals surface area (Å²) in [5.41, 5.74) is 3.61. The molecule has 8 nitrogen and oxygen atoms in total. The first kappa shape index (κ1) is 22.8. The van der Waals surface area contributed by atoms with Crippen LogP contribution in [0.25, 0.3) is 11.0 Å². The highest BCUT2D eigenvalue weighted by atomic mass is 79.9. The molecule has 34 heavy (non-hydrogen) atoms. The molecule has 1 amide bonds. The first-order chi connectivity index (χ1) is 16.5. The molecule has 0 aliphatic heterocycles. The summed E-state index contributed by atoms with van der Waals surface area (Å²) in [7, 11) is 0. The maximum absolute atomic E-state index is 15.7. The highest BCUT2D eigenvalue weighted by Gasteiger charge is 2.25. The summed E-state index contributed by atoms with van der Waals surface area (Å²) in [6.45, 7) is 1.57. The van der Waals surface area contributed by atoms with E-state index in [1.54, 1.807) is 47.7 Å². The van der Waals surface area contributed by atoms with Crippen molar-refractivity contribution in [2.24, 2.45) is 5.92 Å². The van der Waals surface area contributed by atoms with Crippen molar-refractivity contribution in [3.8, 4) is 0 Å². The van der Waals surface area contributed by atoms with Crippen LogP contribution < -0.4 is 10.8 Å². The average Bonchev–Trinajstić information content (AvgIpc) is 3.31. The van der Waals surface area contributed by atoms with Gasteiger partial charge in [0, 0.05) is 30.0 Å². The van der Waals surface area contributed by atoms with Crippen LogP contribution in [0.4, 0.5) is 15.8 Å². The SMILES string of the molecule is O=C(NOCC1CC1)c1cc2c(ncn2CCn2ccnc2)c(F)c1Nc1ccc(Br)cc1Cl. The van der Waals surface area contributed by atoms with E-state index in [4.69, 9.17) is 16.4 Å². The molecule has 2 N–H and O–H groups in total. The largest absolute Gasteiger partial charge is 0.351 e. The number of carbonyl (C=O) groups excluding carboxylic acids is 1. The van der Waals surface area contributed by atoms with Crippen molar-refractivity contribution in [3.63, 3.8) is 0 Å². The molecule has 176 valence electrons. The van der Waals surface area contributed by atoms with Gasteiger partial charge in [0.05, 0.1) is 46.7 Å². The maximum Gasteiger partial charge on any atom is 0.277 e. The molecule has 11 heteroatoms. The van der Waals surface area contributed by atoms with Crippen molar-refractivity contribution in [1.82, 2.24) is 24.6 Å². The van der Waals surface area contributed by atoms with Crippen molar-refractivity contribution in [2.75, 3.05) is 11.9 Å². The number of halogens is 3. The van der Waals surface area contributed by atoms with Crippen LogP contribution in [0.1, 0.15) is 23.2 Å². The smallest absolute Gasteiger partial charge is 0.277 e. The van der Waals surface area contributed by atoms with Crippen molar-refractivity contribution in [1.29, 1.82) is 0 Å². The number of amides is 1. The Kier molecular flexibility index (Phi) is 6.53. The Balaban J connectivity index is 1.50. The van der Waals surface area contributed by atoms with Crippen LogP contribution in [-0.2, 0) is 17.9 Å². The number of nitrogens with one attached hydrogen (secondary N) is 2. The van der Waals surface area contributed by atoms with Crippen molar-refractivity contribution in [2.45, 2.75) is 25.9 Å². The molecule has 0 radical (unpaired) electrons. The summed E-state index contributed by atoms with van der Waals surface area (Å²) < 4.78 is 20.2. The lowest BCUT2D eigenvalue weighted by molar-refractivity contribution is 0.0271. The normalized spacial score (nSPS) is 13.4. The molecule has 4 aromatic rings. The Hall–Kier alpha value is -2.95. The van der Waals surface area contributed by atoms with Crippen molar-refractivity contribution in [3.05, 3.63) is 70.2 Å². The second-order valence-electron chi connectivity index (χ2n) is 8.15. The highest BCUT2D eigenvalue weighted by molar-refractivity contribution is 9.10. The van der Waals surface area contributed by atoms with Gasteiger partial charge in [-0.15, -0.1) is 0 Å². The lowest BCUT2D eigenvalue weighted by atomic mass is 10.1. The molecule has 0 atom stereocenters. The molecular weight excluding hydrogens is 527 g/mol. The fraction of sp³-hybridized carbons (Fsp3) is 0.261. The standard InChI is InChI=1S/C23H21BrClFN6O2/c24-15-3-4-18(17(25)9-15)29-21-16(23(33)30-34-11-14-1-2-14)10-19-22(20(21)26)28-13-32(19)8-7-31-6-5-27-12-31/h3-6,9-10,12-14,29H,1-2,7-8,11H2,(H,30,33). The number of fused-ring (bicyclic) bond motifs is 1. The molecule has 5 rings (SSSR count). The summed E-state index contributed by atoms with van der Waals surface area (Å²) in [6.07, 6.45) is 8.98. The number of benzene rings is 2. The molecule has 1 aliphatic carbocycles. The minimum Gasteiger partial charge on any atom is -0.351 e. The summed E-state index contributed by atoms with van der Waals surface area (Å²) in [6, 6.07) is 6.77. The number of nitrogens with zero attached hydrogens (tertiary/aromatic N) is 4. The molecule has 2 heterocycles. The Morgan fingerprint density at radius 3 is 2.85 bits per heavy atom. The Bertz CT molecular complexity index is 1340. The summed E-state index contributed by atoms with van der Waals surface area (Å²) >= 11 is 9.69. The van der Waals surface area contributed by atoms with Gasteiger partial charge in [-0.3, -0.25) is 9.63 Å². The summed E-state index contributed by atoms with van der Waals surface area (Å²) in [5.74, 6) is -0.743. The number of carbonyl (C=O) groups is 1. The van der Waals surface area contributed by atoms with E-state index in [0.717, 1.165) is 17.3 Å². The van der Waals surface area contributed by atoms with Crippen molar-refractivity contribution >= 4 is 55.8 Å². The molecule has 0 unspecified atom stereocenters. The first-order valence-corrected chi connectivity index (χ1v) is 11.9. The third-order valence-corrected chi connectivity index (χ3v) is 6.44.